The second kappa shape index (κ2) is 7.69. The highest BCUT2D eigenvalue weighted by Gasteiger charge is 2.27. The first-order valence-corrected chi connectivity index (χ1v) is 13.2. The molecule has 6 rings (SSSR count). The van der Waals surface area contributed by atoms with E-state index >= 15 is 0 Å². The predicted molar refractivity (Wildman–Crippen MR) is 127 cm³/mol. The van der Waals surface area contributed by atoms with Crippen molar-refractivity contribution in [3.8, 4) is 0 Å². The van der Waals surface area contributed by atoms with Crippen LogP contribution in [-0.4, -0.2) is 58.8 Å². The van der Waals surface area contributed by atoms with Crippen molar-refractivity contribution in [3.63, 3.8) is 0 Å². The zero-order valence-electron chi connectivity index (χ0n) is 18.7. The summed E-state index contributed by atoms with van der Waals surface area (Å²) in [5.41, 5.74) is 2.28. The Bertz CT molecular complexity index is 1350. The van der Waals surface area contributed by atoms with E-state index in [2.05, 4.69) is 33.5 Å². The predicted octanol–water partition coefficient (Wildman–Crippen LogP) is 3.77. The zero-order valence-corrected chi connectivity index (χ0v) is 20.3. The Hall–Kier alpha value is -2.20. The summed E-state index contributed by atoms with van der Waals surface area (Å²) in [6.07, 6.45) is 5.57. The van der Waals surface area contributed by atoms with Crippen LogP contribution < -0.4 is 0 Å². The molecule has 10 heteroatoms. The fourth-order valence-electron chi connectivity index (χ4n) is 4.99. The van der Waals surface area contributed by atoms with E-state index < -0.39 is 0 Å². The average Bonchev–Trinajstić information content (AvgIpc) is 3.46. The van der Waals surface area contributed by atoms with Crippen LogP contribution in [0.4, 0.5) is 0 Å². The van der Waals surface area contributed by atoms with Gasteiger partial charge in [-0.25, -0.2) is 9.38 Å². The third-order valence-electron chi connectivity index (χ3n) is 6.90. The highest BCUT2D eigenvalue weighted by atomic mass is 32.2. The maximum Gasteiger partial charge on any atom is 0.260 e. The van der Waals surface area contributed by atoms with Crippen LogP contribution in [-0.2, 0) is 17.6 Å². The molecule has 1 aliphatic heterocycles. The van der Waals surface area contributed by atoms with Crippen LogP contribution in [0.15, 0.2) is 5.16 Å². The fourth-order valence-corrected chi connectivity index (χ4v) is 7.23. The van der Waals surface area contributed by atoms with Crippen LogP contribution in [0, 0.1) is 18.8 Å². The number of aromatic nitrogens is 6. The van der Waals surface area contributed by atoms with Gasteiger partial charge in [-0.05, 0) is 56.4 Å². The van der Waals surface area contributed by atoms with Crippen LogP contribution in [0.5, 0.6) is 0 Å². The maximum atomic E-state index is 12.8. The Labute approximate surface area is 194 Å². The molecular formula is C22H27N7OS2. The smallest absolute Gasteiger partial charge is 0.260 e. The lowest BCUT2D eigenvalue weighted by atomic mass is 9.89. The topological polar surface area (TPSA) is 80.7 Å². The minimum absolute atomic E-state index is 0.187. The molecule has 2 aliphatic rings. The van der Waals surface area contributed by atoms with Crippen LogP contribution in [0.2, 0.25) is 0 Å². The number of carbonyl (C=O) groups excluding carboxylic acids is 1. The van der Waals surface area contributed by atoms with Crippen LogP contribution in [0.1, 0.15) is 49.4 Å². The van der Waals surface area contributed by atoms with Gasteiger partial charge in [0.1, 0.15) is 10.7 Å². The number of hydrogen-bond donors (Lipinski definition) is 0. The Morgan fingerprint density at radius 1 is 1.16 bits per heavy atom. The largest absolute Gasteiger partial charge is 0.342 e. The molecule has 4 aromatic heterocycles. The van der Waals surface area contributed by atoms with Crippen molar-refractivity contribution >= 4 is 50.6 Å². The van der Waals surface area contributed by atoms with E-state index in [0.717, 1.165) is 60.2 Å². The number of thiophene rings is 1. The van der Waals surface area contributed by atoms with Crippen LogP contribution >= 0.6 is 23.1 Å². The van der Waals surface area contributed by atoms with Crippen molar-refractivity contribution in [2.45, 2.75) is 58.0 Å². The van der Waals surface area contributed by atoms with E-state index in [9.17, 15) is 4.79 Å². The van der Waals surface area contributed by atoms with E-state index in [4.69, 9.17) is 4.98 Å². The fraction of sp³-hybridized carbons (Fsp3) is 0.591. The summed E-state index contributed by atoms with van der Waals surface area (Å²) in [6.45, 7) is 8.23. The van der Waals surface area contributed by atoms with Gasteiger partial charge in [0, 0.05) is 18.0 Å². The second-order valence-corrected chi connectivity index (χ2v) is 11.4. The number of hydrogen-bond acceptors (Lipinski definition) is 7. The molecule has 0 saturated carbocycles. The van der Waals surface area contributed by atoms with Gasteiger partial charge in [0.25, 0.3) is 5.78 Å². The number of piperidine rings is 1. The maximum absolute atomic E-state index is 12.8. The van der Waals surface area contributed by atoms with Gasteiger partial charge in [0.05, 0.1) is 11.1 Å². The van der Waals surface area contributed by atoms with Gasteiger partial charge in [0.2, 0.25) is 5.91 Å². The second-order valence-electron chi connectivity index (χ2n) is 9.40. The number of amides is 1. The minimum atomic E-state index is 0.187. The molecular weight excluding hydrogens is 442 g/mol. The van der Waals surface area contributed by atoms with Crippen molar-refractivity contribution in [2.75, 3.05) is 18.8 Å². The summed E-state index contributed by atoms with van der Waals surface area (Å²) in [5.74, 6) is 3.34. The molecule has 1 saturated heterocycles. The molecule has 1 unspecified atom stereocenters. The van der Waals surface area contributed by atoms with Crippen molar-refractivity contribution in [3.05, 3.63) is 16.3 Å². The molecule has 1 amide bonds. The number of thioether (sulfide) groups is 1. The molecule has 0 bridgehead atoms. The monoisotopic (exact) mass is 469 g/mol. The number of nitrogens with zero attached hydrogens (tertiary/aromatic N) is 7. The van der Waals surface area contributed by atoms with Gasteiger partial charge in [-0.15, -0.1) is 26.6 Å². The average molecular weight is 470 g/mol. The number of carbonyl (C=O) groups is 1. The molecule has 0 N–H and O–H groups in total. The van der Waals surface area contributed by atoms with Gasteiger partial charge in [-0.2, -0.15) is 4.52 Å². The molecule has 5 heterocycles. The van der Waals surface area contributed by atoms with E-state index in [1.807, 2.05) is 27.7 Å². The third kappa shape index (κ3) is 3.22. The standard InChI is InChI=1S/C22H27N7OS2/c1-12-6-8-27(9-7-12)17(30)11-31-22-25-24-21-28(22)20-18(19-23-14(3)26-29(19)21)15-10-13(2)4-5-16(15)32-20/h12-13H,4-11H2,1-3H3. The summed E-state index contributed by atoms with van der Waals surface area (Å²) in [5, 5.41) is 15.5. The quantitative estimate of drug-likeness (QED) is 0.425. The number of likely N-dealkylation sites (tertiary alicyclic amines) is 1. The highest BCUT2D eigenvalue weighted by Crippen LogP contribution is 2.41. The Kier molecular flexibility index (Phi) is 4.90. The first kappa shape index (κ1) is 20.4. The van der Waals surface area contributed by atoms with Crippen molar-refractivity contribution in [1.29, 1.82) is 0 Å². The van der Waals surface area contributed by atoms with Gasteiger partial charge in [-0.1, -0.05) is 25.6 Å². The molecule has 0 spiro atoms. The Morgan fingerprint density at radius 2 is 1.97 bits per heavy atom. The molecule has 4 aromatic rings. The van der Waals surface area contributed by atoms with E-state index in [1.165, 1.54) is 34.0 Å². The summed E-state index contributed by atoms with van der Waals surface area (Å²) < 4.78 is 3.93. The van der Waals surface area contributed by atoms with Gasteiger partial charge in [-0.3, -0.25) is 4.79 Å². The van der Waals surface area contributed by atoms with E-state index in [-0.39, 0.29) is 5.91 Å². The van der Waals surface area contributed by atoms with E-state index in [0.29, 0.717) is 23.4 Å². The summed E-state index contributed by atoms with van der Waals surface area (Å²) in [4.78, 5) is 22.2. The number of fused-ring (bicyclic) bond motifs is 8. The molecule has 8 nitrogen and oxygen atoms in total. The van der Waals surface area contributed by atoms with Gasteiger partial charge in [0.15, 0.2) is 10.8 Å². The van der Waals surface area contributed by atoms with Crippen LogP contribution in [0.25, 0.3) is 21.6 Å². The van der Waals surface area contributed by atoms with Gasteiger partial charge < -0.3 is 4.90 Å². The molecule has 32 heavy (non-hydrogen) atoms. The normalized spacial score (nSPS) is 20.0. The zero-order chi connectivity index (χ0) is 22.0. The molecule has 1 atom stereocenters. The lowest BCUT2D eigenvalue weighted by Gasteiger charge is -2.30. The summed E-state index contributed by atoms with van der Waals surface area (Å²) in [6, 6.07) is 0. The lowest BCUT2D eigenvalue weighted by Crippen LogP contribution is -2.38. The van der Waals surface area contributed by atoms with Crippen molar-refractivity contribution in [2.24, 2.45) is 11.8 Å². The van der Waals surface area contributed by atoms with E-state index in [1.54, 1.807) is 0 Å². The Balaban J connectivity index is 1.43. The molecule has 0 aromatic carbocycles. The van der Waals surface area contributed by atoms with Crippen LogP contribution in [0.3, 0.4) is 0 Å². The first-order chi connectivity index (χ1) is 15.5. The van der Waals surface area contributed by atoms with Gasteiger partial charge >= 0.3 is 0 Å². The summed E-state index contributed by atoms with van der Waals surface area (Å²) in [7, 11) is 0. The minimum Gasteiger partial charge on any atom is -0.342 e. The molecule has 1 aliphatic carbocycles. The van der Waals surface area contributed by atoms with Crippen molar-refractivity contribution in [1.82, 2.24) is 34.1 Å². The third-order valence-corrected chi connectivity index (χ3v) is 9.09. The Morgan fingerprint density at radius 3 is 2.78 bits per heavy atom. The molecule has 168 valence electrons. The lowest BCUT2D eigenvalue weighted by molar-refractivity contribution is -0.129. The first-order valence-electron chi connectivity index (χ1n) is 11.4. The SMILES string of the molecule is Cc1nc2c3c4c(sc3n3c(SCC(=O)N5CCC(C)CC5)nnc3n2n1)CCC(C)C4. The highest BCUT2D eigenvalue weighted by molar-refractivity contribution is 7.99. The summed E-state index contributed by atoms with van der Waals surface area (Å²) >= 11 is 3.31. The molecule has 1 fully saturated rings. The van der Waals surface area contributed by atoms with Crippen molar-refractivity contribution < 1.29 is 4.79 Å². The number of rotatable bonds is 3. The number of aryl methyl sites for hydroxylation is 2. The molecule has 0 radical (unpaired) electrons.